The third kappa shape index (κ3) is 3.71. The van der Waals surface area contributed by atoms with Crippen LogP contribution in [0.4, 0.5) is 0 Å². The van der Waals surface area contributed by atoms with E-state index in [2.05, 4.69) is 15.5 Å². The van der Waals surface area contributed by atoms with Crippen LogP contribution < -0.4 is 10.1 Å². The summed E-state index contributed by atoms with van der Waals surface area (Å²) in [6, 6.07) is 9.83. The first kappa shape index (κ1) is 14.8. The molecule has 1 N–H and O–H groups in total. The van der Waals surface area contributed by atoms with Gasteiger partial charge in [-0.05, 0) is 31.5 Å². The van der Waals surface area contributed by atoms with Crippen LogP contribution in [0.3, 0.4) is 0 Å². The molecule has 1 aliphatic rings. The van der Waals surface area contributed by atoms with Crippen molar-refractivity contribution < 1.29 is 9.26 Å². The Hall–Kier alpha value is -1.59. The lowest BCUT2D eigenvalue weighted by molar-refractivity contribution is 0.276. The van der Waals surface area contributed by atoms with Gasteiger partial charge in [0.1, 0.15) is 5.75 Å². The zero-order valence-electron chi connectivity index (χ0n) is 11.1. The second kappa shape index (κ2) is 7.26. The molecule has 1 saturated heterocycles. The largest absolute Gasteiger partial charge is 0.485 e. The zero-order chi connectivity index (χ0) is 12.9. The van der Waals surface area contributed by atoms with Gasteiger partial charge in [-0.15, -0.1) is 12.4 Å². The molecule has 0 radical (unpaired) electrons. The summed E-state index contributed by atoms with van der Waals surface area (Å²) >= 11 is 0. The number of para-hydroxylation sites is 1. The molecule has 108 valence electrons. The highest BCUT2D eigenvalue weighted by molar-refractivity contribution is 5.85. The fourth-order valence-corrected chi connectivity index (χ4v) is 2.19. The minimum Gasteiger partial charge on any atom is -0.485 e. The Morgan fingerprint density at radius 1 is 1.25 bits per heavy atom. The molecule has 3 rings (SSSR count). The summed E-state index contributed by atoms with van der Waals surface area (Å²) in [5, 5.41) is 7.34. The molecule has 0 bridgehead atoms. The highest BCUT2D eigenvalue weighted by atomic mass is 35.5. The Morgan fingerprint density at radius 2 is 2.10 bits per heavy atom. The Kier molecular flexibility index (Phi) is 5.38. The molecule has 1 fully saturated rings. The molecule has 0 saturated carbocycles. The molecule has 1 aliphatic heterocycles. The minimum atomic E-state index is 0. The molecule has 1 aromatic carbocycles. The number of ether oxygens (including phenoxy) is 1. The lowest BCUT2D eigenvalue weighted by Gasteiger charge is -2.19. The number of hydrogen-bond donors (Lipinski definition) is 1. The third-order valence-corrected chi connectivity index (χ3v) is 3.20. The van der Waals surface area contributed by atoms with E-state index in [1.165, 1.54) is 12.8 Å². The van der Waals surface area contributed by atoms with E-state index in [0.717, 1.165) is 18.7 Å². The number of hydrogen-bond acceptors (Lipinski definition) is 5. The monoisotopic (exact) mass is 295 g/mol. The van der Waals surface area contributed by atoms with Crippen molar-refractivity contribution in [3.63, 3.8) is 0 Å². The zero-order valence-corrected chi connectivity index (χ0v) is 11.9. The van der Waals surface area contributed by atoms with Crippen molar-refractivity contribution in [3.8, 4) is 5.75 Å². The van der Waals surface area contributed by atoms with Crippen molar-refractivity contribution in [2.75, 3.05) is 6.54 Å². The second-order valence-electron chi connectivity index (χ2n) is 4.65. The van der Waals surface area contributed by atoms with Gasteiger partial charge in [-0.3, -0.25) is 0 Å². The SMILES string of the molecule is Cl.c1ccc(OCc2noc(C3CCCCN3)n2)cc1. The van der Waals surface area contributed by atoms with Gasteiger partial charge in [0.2, 0.25) is 11.7 Å². The first-order chi connectivity index (χ1) is 9.42. The summed E-state index contributed by atoms with van der Waals surface area (Å²) in [4.78, 5) is 4.38. The number of aromatic nitrogens is 2. The molecule has 2 aromatic rings. The van der Waals surface area contributed by atoms with Crippen molar-refractivity contribution in [1.82, 2.24) is 15.5 Å². The van der Waals surface area contributed by atoms with Crippen molar-refractivity contribution in [1.29, 1.82) is 0 Å². The van der Waals surface area contributed by atoms with Gasteiger partial charge < -0.3 is 14.6 Å². The van der Waals surface area contributed by atoms with Crippen molar-refractivity contribution in [3.05, 3.63) is 42.0 Å². The predicted molar refractivity (Wildman–Crippen MR) is 76.9 cm³/mol. The van der Waals surface area contributed by atoms with E-state index in [4.69, 9.17) is 9.26 Å². The Morgan fingerprint density at radius 3 is 2.85 bits per heavy atom. The lowest BCUT2D eigenvalue weighted by atomic mass is 10.1. The normalized spacial score (nSPS) is 18.3. The van der Waals surface area contributed by atoms with Crippen molar-refractivity contribution >= 4 is 12.4 Å². The molecular weight excluding hydrogens is 278 g/mol. The fourth-order valence-electron chi connectivity index (χ4n) is 2.19. The molecule has 6 heteroatoms. The summed E-state index contributed by atoms with van der Waals surface area (Å²) in [5.74, 6) is 2.07. The van der Waals surface area contributed by atoms with Crippen LogP contribution >= 0.6 is 12.4 Å². The molecule has 2 heterocycles. The van der Waals surface area contributed by atoms with E-state index in [0.29, 0.717) is 18.3 Å². The van der Waals surface area contributed by atoms with E-state index >= 15 is 0 Å². The van der Waals surface area contributed by atoms with Gasteiger partial charge in [-0.1, -0.05) is 29.8 Å². The molecule has 1 unspecified atom stereocenters. The smallest absolute Gasteiger partial charge is 0.243 e. The van der Waals surface area contributed by atoms with E-state index in [1.807, 2.05) is 30.3 Å². The maximum atomic E-state index is 5.59. The molecule has 5 nitrogen and oxygen atoms in total. The molecule has 0 amide bonds. The maximum absolute atomic E-state index is 5.59. The van der Waals surface area contributed by atoms with Crippen LogP contribution in [0.5, 0.6) is 5.75 Å². The summed E-state index contributed by atoms with van der Waals surface area (Å²) < 4.78 is 10.9. The van der Waals surface area contributed by atoms with Crippen LogP contribution in [-0.2, 0) is 6.61 Å². The van der Waals surface area contributed by atoms with Gasteiger partial charge in [-0.2, -0.15) is 4.98 Å². The molecule has 20 heavy (non-hydrogen) atoms. The second-order valence-corrected chi connectivity index (χ2v) is 4.65. The summed E-state index contributed by atoms with van der Waals surface area (Å²) in [6.45, 7) is 1.35. The van der Waals surface area contributed by atoms with Gasteiger partial charge in [0.15, 0.2) is 6.61 Å². The number of halogens is 1. The third-order valence-electron chi connectivity index (χ3n) is 3.20. The summed E-state index contributed by atoms with van der Waals surface area (Å²) in [6.07, 6.45) is 3.48. The van der Waals surface area contributed by atoms with Crippen LogP contribution in [0.1, 0.15) is 37.0 Å². The number of nitrogens with zero attached hydrogens (tertiary/aromatic N) is 2. The highest BCUT2D eigenvalue weighted by Gasteiger charge is 2.20. The molecular formula is C14H18ClN3O2. The molecule has 1 atom stereocenters. The van der Waals surface area contributed by atoms with Gasteiger partial charge in [-0.25, -0.2) is 0 Å². The quantitative estimate of drug-likeness (QED) is 0.940. The Labute approximate surface area is 124 Å². The standard InChI is InChI=1S/C14H17N3O2.ClH/c1-2-6-11(7-3-1)18-10-13-16-14(19-17-13)12-8-4-5-9-15-12;/h1-3,6-7,12,15H,4-5,8-10H2;1H. The van der Waals surface area contributed by atoms with Crippen LogP contribution in [0.15, 0.2) is 34.9 Å². The molecule has 0 spiro atoms. The van der Waals surface area contributed by atoms with Crippen LogP contribution in [0, 0.1) is 0 Å². The van der Waals surface area contributed by atoms with E-state index < -0.39 is 0 Å². The Bertz CT molecular complexity index is 512. The average molecular weight is 296 g/mol. The van der Waals surface area contributed by atoms with Crippen LogP contribution in [-0.4, -0.2) is 16.7 Å². The number of piperidine rings is 1. The average Bonchev–Trinajstić information content (AvgIpc) is 2.96. The minimum absolute atomic E-state index is 0. The molecule has 1 aromatic heterocycles. The van der Waals surface area contributed by atoms with E-state index in [9.17, 15) is 0 Å². The van der Waals surface area contributed by atoms with Gasteiger partial charge in [0.25, 0.3) is 0 Å². The van der Waals surface area contributed by atoms with Crippen LogP contribution in [0.25, 0.3) is 0 Å². The number of rotatable bonds is 4. The summed E-state index contributed by atoms with van der Waals surface area (Å²) in [7, 11) is 0. The maximum Gasteiger partial charge on any atom is 0.243 e. The van der Waals surface area contributed by atoms with Gasteiger partial charge in [0.05, 0.1) is 6.04 Å². The predicted octanol–water partition coefficient (Wildman–Crippen LogP) is 2.88. The first-order valence-corrected chi connectivity index (χ1v) is 6.65. The first-order valence-electron chi connectivity index (χ1n) is 6.65. The van der Waals surface area contributed by atoms with Crippen molar-refractivity contribution in [2.24, 2.45) is 0 Å². The topological polar surface area (TPSA) is 60.2 Å². The highest BCUT2D eigenvalue weighted by Crippen LogP contribution is 2.21. The molecule has 0 aliphatic carbocycles. The number of benzene rings is 1. The van der Waals surface area contributed by atoms with Gasteiger partial charge in [0, 0.05) is 0 Å². The Balaban J connectivity index is 0.00000147. The van der Waals surface area contributed by atoms with E-state index in [1.54, 1.807) is 0 Å². The van der Waals surface area contributed by atoms with E-state index in [-0.39, 0.29) is 18.4 Å². The summed E-state index contributed by atoms with van der Waals surface area (Å²) in [5.41, 5.74) is 0. The van der Waals surface area contributed by atoms with Crippen molar-refractivity contribution in [2.45, 2.75) is 31.9 Å². The fraction of sp³-hybridized carbons (Fsp3) is 0.429. The van der Waals surface area contributed by atoms with Crippen LogP contribution in [0.2, 0.25) is 0 Å². The number of nitrogens with one attached hydrogen (secondary N) is 1. The lowest BCUT2D eigenvalue weighted by Crippen LogP contribution is -2.27. The van der Waals surface area contributed by atoms with Gasteiger partial charge >= 0.3 is 0 Å².